The number of hydrogen-bond donors (Lipinski definition) is 1. The highest BCUT2D eigenvalue weighted by atomic mass is 35.5. The Morgan fingerprint density at radius 2 is 2.06 bits per heavy atom. The molecule has 0 saturated carbocycles. The molecule has 0 bridgehead atoms. The number of aromatic nitrogens is 4. The van der Waals surface area contributed by atoms with E-state index in [-0.39, 0.29) is 0 Å². The van der Waals surface area contributed by atoms with Crippen molar-refractivity contribution in [1.29, 1.82) is 0 Å². The highest BCUT2D eigenvalue weighted by molar-refractivity contribution is 6.30. The third-order valence-corrected chi connectivity index (χ3v) is 3.59. The van der Waals surface area contributed by atoms with Gasteiger partial charge in [-0.05, 0) is 19.8 Å². The van der Waals surface area contributed by atoms with E-state index in [9.17, 15) is 0 Å². The lowest BCUT2D eigenvalue weighted by Crippen LogP contribution is -2.36. The molecule has 0 unspecified atom stereocenters. The Morgan fingerprint density at radius 1 is 1.28 bits per heavy atom. The molecule has 0 amide bonds. The maximum absolute atomic E-state index is 6.12. The van der Waals surface area contributed by atoms with Crippen LogP contribution in [0, 0.1) is 6.92 Å². The van der Waals surface area contributed by atoms with E-state index in [1.54, 1.807) is 4.52 Å². The smallest absolute Gasteiger partial charge is 0.255 e. The summed E-state index contributed by atoms with van der Waals surface area (Å²) >= 11 is 6.12. The third-order valence-electron chi connectivity index (χ3n) is 3.22. The van der Waals surface area contributed by atoms with E-state index < -0.39 is 0 Å². The maximum atomic E-state index is 6.12. The molecule has 1 aliphatic heterocycles. The second-order valence-corrected chi connectivity index (χ2v) is 4.87. The third kappa shape index (κ3) is 2.02. The SMILES string of the molecule is Cc1c(Cl)nc2ncnn2c1NN1CCCCC1. The van der Waals surface area contributed by atoms with Crippen molar-refractivity contribution in [2.24, 2.45) is 0 Å². The van der Waals surface area contributed by atoms with Gasteiger partial charge in [-0.2, -0.15) is 19.6 Å². The highest BCUT2D eigenvalue weighted by Crippen LogP contribution is 2.23. The van der Waals surface area contributed by atoms with Crippen LogP contribution in [-0.2, 0) is 0 Å². The first-order valence-corrected chi connectivity index (χ1v) is 6.51. The Balaban J connectivity index is 1.98. The van der Waals surface area contributed by atoms with Gasteiger partial charge in [-0.1, -0.05) is 18.0 Å². The number of rotatable bonds is 2. The minimum atomic E-state index is 0.468. The number of fused-ring (bicyclic) bond motifs is 1. The highest BCUT2D eigenvalue weighted by Gasteiger charge is 2.16. The Bertz CT molecular complexity index is 560. The predicted molar refractivity (Wildman–Crippen MR) is 69.6 cm³/mol. The van der Waals surface area contributed by atoms with Crippen LogP contribution in [0.15, 0.2) is 6.33 Å². The lowest BCUT2D eigenvalue weighted by molar-refractivity contribution is 0.271. The van der Waals surface area contributed by atoms with E-state index in [0.717, 1.165) is 24.5 Å². The molecule has 18 heavy (non-hydrogen) atoms. The van der Waals surface area contributed by atoms with E-state index in [1.165, 1.54) is 25.6 Å². The van der Waals surface area contributed by atoms with Crippen LogP contribution in [0.1, 0.15) is 24.8 Å². The lowest BCUT2D eigenvalue weighted by atomic mass is 10.2. The average Bonchev–Trinajstić information content (AvgIpc) is 2.84. The largest absolute Gasteiger partial charge is 0.303 e. The summed E-state index contributed by atoms with van der Waals surface area (Å²) in [5.41, 5.74) is 4.28. The van der Waals surface area contributed by atoms with Crippen LogP contribution in [0.3, 0.4) is 0 Å². The van der Waals surface area contributed by atoms with Gasteiger partial charge in [0, 0.05) is 18.7 Å². The van der Waals surface area contributed by atoms with Crippen molar-refractivity contribution in [2.45, 2.75) is 26.2 Å². The van der Waals surface area contributed by atoms with Crippen molar-refractivity contribution in [3.63, 3.8) is 0 Å². The van der Waals surface area contributed by atoms with Crippen LogP contribution in [0.5, 0.6) is 0 Å². The van der Waals surface area contributed by atoms with E-state index in [0.29, 0.717) is 10.9 Å². The van der Waals surface area contributed by atoms with Crippen molar-refractivity contribution in [3.8, 4) is 0 Å². The Morgan fingerprint density at radius 3 is 2.83 bits per heavy atom. The Labute approximate surface area is 110 Å². The van der Waals surface area contributed by atoms with Crippen LogP contribution in [0.25, 0.3) is 5.78 Å². The molecule has 6 nitrogen and oxygen atoms in total. The van der Waals surface area contributed by atoms with Gasteiger partial charge in [0.25, 0.3) is 5.78 Å². The molecule has 0 aliphatic carbocycles. The van der Waals surface area contributed by atoms with Gasteiger partial charge in [-0.25, -0.2) is 5.01 Å². The number of hydrogen-bond acceptors (Lipinski definition) is 5. The molecule has 0 radical (unpaired) electrons. The molecule has 3 rings (SSSR count). The monoisotopic (exact) mass is 266 g/mol. The summed E-state index contributed by atoms with van der Waals surface area (Å²) in [6.45, 7) is 4.01. The van der Waals surface area contributed by atoms with Crippen LogP contribution >= 0.6 is 11.6 Å². The standard InChI is InChI=1S/C11H15ClN6/c1-8-9(12)15-11-13-7-14-18(11)10(8)16-17-5-3-2-4-6-17/h7,16H,2-6H2,1H3. The van der Waals surface area contributed by atoms with Gasteiger partial charge >= 0.3 is 0 Å². The summed E-state index contributed by atoms with van der Waals surface area (Å²) in [6, 6.07) is 0. The summed E-state index contributed by atoms with van der Waals surface area (Å²) in [7, 11) is 0. The van der Waals surface area contributed by atoms with Gasteiger partial charge in [-0.3, -0.25) is 0 Å². The summed E-state index contributed by atoms with van der Waals surface area (Å²) in [4.78, 5) is 8.26. The van der Waals surface area contributed by atoms with Crippen molar-refractivity contribution in [2.75, 3.05) is 18.5 Å². The maximum Gasteiger partial charge on any atom is 0.255 e. The quantitative estimate of drug-likeness (QED) is 0.842. The normalized spacial score (nSPS) is 17.2. The average molecular weight is 267 g/mol. The second kappa shape index (κ2) is 4.70. The molecule has 0 spiro atoms. The number of halogens is 1. The Kier molecular flexibility index (Phi) is 3.05. The molecule has 1 N–H and O–H groups in total. The summed E-state index contributed by atoms with van der Waals surface area (Å²) in [6.07, 6.45) is 5.21. The van der Waals surface area contributed by atoms with Crippen LogP contribution in [0.2, 0.25) is 5.15 Å². The zero-order valence-electron chi connectivity index (χ0n) is 10.2. The van der Waals surface area contributed by atoms with E-state index >= 15 is 0 Å². The summed E-state index contributed by atoms with van der Waals surface area (Å²) < 4.78 is 1.69. The zero-order valence-corrected chi connectivity index (χ0v) is 11.0. The fourth-order valence-corrected chi connectivity index (χ4v) is 2.35. The molecule has 1 aliphatic rings. The van der Waals surface area contributed by atoms with E-state index in [4.69, 9.17) is 11.6 Å². The first-order valence-electron chi connectivity index (χ1n) is 6.13. The number of nitrogens with zero attached hydrogens (tertiary/aromatic N) is 5. The van der Waals surface area contributed by atoms with Crippen molar-refractivity contribution in [1.82, 2.24) is 24.6 Å². The van der Waals surface area contributed by atoms with E-state index in [1.807, 2.05) is 6.92 Å². The molecular formula is C11H15ClN6. The van der Waals surface area contributed by atoms with E-state index in [2.05, 4.69) is 25.5 Å². The number of nitrogens with one attached hydrogen (secondary N) is 1. The van der Waals surface area contributed by atoms with Crippen molar-refractivity contribution >= 4 is 23.2 Å². The van der Waals surface area contributed by atoms with Crippen LogP contribution < -0.4 is 5.43 Å². The fourth-order valence-electron chi connectivity index (χ4n) is 2.18. The van der Waals surface area contributed by atoms with Crippen LogP contribution in [-0.4, -0.2) is 37.7 Å². The molecule has 96 valence electrons. The second-order valence-electron chi connectivity index (χ2n) is 4.51. The fraction of sp³-hybridized carbons (Fsp3) is 0.545. The Hall–Kier alpha value is -1.40. The van der Waals surface area contributed by atoms with Crippen LogP contribution in [0.4, 0.5) is 5.82 Å². The molecular weight excluding hydrogens is 252 g/mol. The first kappa shape index (κ1) is 11.7. The molecule has 2 aromatic rings. The lowest BCUT2D eigenvalue weighted by Gasteiger charge is -2.28. The number of piperidine rings is 1. The summed E-state index contributed by atoms with van der Waals surface area (Å²) in [5.74, 6) is 1.37. The van der Waals surface area contributed by atoms with Crippen molar-refractivity contribution in [3.05, 3.63) is 17.0 Å². The van der Waals surface area contributed by atoms with Gasteiger partial charge in [0.05, 0.1) is 0 Å². The number of hydrazine groups is 1. The van der Waals surface area contributed by atoms with Gasteiger partial charge in [0.1, 0.15) is 11.5 Å². The molecule has 2 aromatic heterocycles. The predicted octanol–water partition coefficient (Wildman–Crippen LogP) is 1.90. The zero-order chi connectivity index (χ0) is 12.5. The molecule has 7 heteroatoms. The van der Waals surface area contributed by atoms with Gasteiger partial charge in [0.15, 0.2) is 5.82 Å². The molecule has 0 aromatic carbocycles. The first-order chi connectivity index (χ1) is 8.75. The van der Waals surface area contributed by atoms with Crippen molar-refractivity contribution < 1.29 is 0 Å². The topological polar surface area (TPSA) is 58.4 Å². The van der Waals surface area contributed by atoms with Gasteiger partial charge in [0.2, 0.25) is 0 Å². The van der Waals surface area contributed by atoms with Gasteiger partial charge < -0.3 is 5.43 Å². The minimum absolute atomic E-state index is 0.468. The van der Waals surface area contributed by atoms with Gasteiger partial charge in [-0.15, -0.1) is 0 Å². The molecule has 3 heterocycles. The summed E-state index contributed by atoms with van der Waals surface area (Å²) in [5, 5.41) is 6.85. The number of anilines is 1. The molecule has 0 atom stereocenters. The minimum Gasteiger partial charge on any atom is -0.303 e. The molecule has 1 saturated heterocycles. The molecule has 1 fully saturated rings.